The van der Waals surface area contributed by atoms with Crippen molar-refractivity contribution in [2.45, 2.75) is 97.8 Å². The lowest BCUT2D eigenvalue weighted by Gasteiger charge is -2.26. The molecule has 132 heavy (non-hydrogen) atoms. The van der Waals surface area contributed by atoms with E-state index < -0.39 is 22.1 Å². The number of amides is 2. The number of aromatic nitrogens is 5. The molecule has 5 saturated heterocycles. The van der Waals surface area contributed by atoms with Gasteiger partial charge in [-0.2, -0.15) is 0 Å². The van der Waals surface area contributed by atoms with Gasteiger partial charge in [-0.05, 0) is 251 Å². The molecule has 0 bridgehead atoms. The predicted octanol–water partition coefficient (Wildman–Crippen LogP) is 14.6. The molecule has 7 aliphatic rings. The first-order valence-electron chi connectivity index (χ1n) is 44.9. The summed E-state index contributed by atoms with van der Waals surface area (Å²) < 4.78 is 30.9. The molecule has 2 saturated carbocycles. The van der Waals surface area contributed by atoms with Crippen LogP contribution in [0.1, 0.15) is 95.7 Å². The van der Waals surface area contributed by atoms with Crippen molar-refractivity contribution in [2.75, 3.05) is 218 Å². The van der Waals surface area contributed by atoms with Gasteiger partial charge >= 0.3 is 5.97 Å². The first-order valence-corrected chi connectivity index (χ1v) is 56.6. The number of nitrogens with zero attached hydrogens (tertiary/aromatic N) is 10. The Morgan fingerprint density at radius 2 is 0.765 bits per heavy atom. The highest BCUT2D eigenvalue weighted by Crippen LogP contribution is 2.23. The average Bonchev–Trinajstić information content (AvgIpc) is 1.61. The van der Waals surface area contributed by atoms with Gasteiger partial charge in [0.25, 0.3) is 11.8 Å². The van der Waals surface area contributed by atoms with E-state index in [1.807, 2.05) is 124 Å². The van der Waals surface area contributed by atoms with Crippen LogP contribution in [0.15, 0.2) is 146 Å². The Morgan fingerprint density at radius 1 is 0.432 bits per heavy atom. The number of carbonyl (C=O) groups is 3. The summed E-state index contributed by atoms with van der Waals surface area (Å²) in [7, 11) is -2.42. The Kier molecular flexibility index (Phi) is 53.2. The highest BCUT2D eigenvalue weighted by molar-refractivity contribution is 14.1. The number of pyridine rings is 5. The average molecular weight is 2300 g/mol. The van der Waals surface area contributed by atoms with E-state index in [2.05, 4.69) is 252 Å². The van der Waals surface area contributed by atoms with Crippen molar-refractivity contribution in [3.8, 4) is 47.6 Å². The summed E-state index contributed by atoms with van der Waals surface area (Å²) in [6.45, 7) is 47.4. The van der Waals surface area contributed by atoms with Crippen LogP contribution >= 0.6 is 102 Å². The lowest BCUT2D eigenvalue weighted by Crippen LogP contribution is -2.39. The van der Waals surface area contributed by atoms with Crippen molar-refractivity contribution in [2.24, 2.45) is 5.73 Å². The Balaban J connectivity index is 0.000000210. The smallest absolute Gasteiger partial charge is 0.335 e. The van der Waals surface area contributed by atoms with Crippen molar-refractivity contribution in [1.82, 2.24) is 60.1 Å². The van der Waals surface area contributed by atoms with E-state index in [1.165, 1.54) is 5.56 Å². The maximum Gasteiger partial charge on any atom is 0.335 e. The molecule has 5 aromatic heterocycles. The predicted molar refractivity (Wildman–Crippen MR) is 574 cm³/mol. The van der Waals surface area contributed by atoms with Crippen LogP contribution in [0.5, 0.6) is 0 Å². The summed E-state index contributed by atoms with van der Waals surface area (Å²) >= 11 is 14.3. The third-order valence-electron chi connectivity index (χ3n) is 20.3. The van der Waals surface area contributed by atoms with Gasteiger partial charge < -0.3 is 66.4 Å². The zero-order chi connectivity index (χ0) is 95.3. The number of terminal acetylenes is 2. The zero-order valence-electron chi connectivity index (χ0n) is 77.9. The molecule has 26 nitrogen and oxygen atoms in total. The number of anilines is 4. The minimum atomic E-state index is -1.31. The largest absolute Gasteiger partial charge is 0.478 e. The van der Waals surface area contributed by atoms with Crippen LogP contribution in [0.25, 0.3) is 0 Å². The van der Waals surface area contributed by atoms with Gasteiger partial charge in [0.15, 0.2) is 0 Å². The minimum absolute atomic E-state index is 0.0188. The number of aryl methyl sites for hydroxylation is 3. The second-order valence-electron chi connectivity index (χ2n) is 33.8. The molecule has 8 aromatic rings. The summed E-state index contributed by atoms with van der Waals surface area (Å²) in [4.78, 5) is 67.5. The lowest BCUT2D eigenvalue weighted by molar-refractivity contribution is 0.0394. The van der Waals surface area contributed by atoms with E-state index >= 15 is 0 Å². The molecule has 0 radical (unpaired) electrons. The fourth-order valence-electron chi connectivity index (χ4n) is 12.0. The first kappa shape index (κ1) is 111. The Hall–Kier alpha value is -7.54. The summed E-state index contributed by atoms with van der Waals surface area (Å²) in [5.41, 5.74) is 20.2. The number of aromatic carboxylic acids is 1. The van der Waals surface area contributed by atoms with Crippen LogP contribution in [0.2, 0.25) is 44.4 Å². The molecule has 33 heteroatoms. The van der Waals surface area contributed by atoms with E-state index in [1.54, 1.807) is 36.8 Å². The number of carbonyl (C=O) groups excluding carboxylic acids is 2. The monoisotopic (exact) mass is 2300 g/mol. The normalized spacial score (nSPS) is 15.5. The number of ether oxygens (including phenoxy) is 5. The lowest BCUT2D eigenvalue weighted by atomic mass is 10.0. The first-order chi connectivity index (χ1) is 63.5. The van der Waals surface area contributed by atoms with Gasteiger partial charge in [-0.15, -0.1) is 23.9 Å². The third kappa shape index (κ3) is 49.8. The number of carboxylic acids is 1. The fraction of sp³-hybridized carbons (Fsp3) is 0.455. The van der Waals surface area contributed by atoms with Gasteiger partial charge in [-0.3, -0.25) is 34.1 Å². The van der Waals surface area contributed by atoms with Crippen LogP contribution in [-0.4, -0.2) is 298 Å². The SMILES string of the molecule is C#C[Si](C)(C)C.C#Cc1ccc(NCCN2CCOCC2)nc1.C[Si](C)(C)C#Cc1ccc(NCCN2CCOCC2)nc1.Cc1ccc(C(=O)NC2CC2)cc1C#Cc1ccc(NCCN2CCOCC2)nc1.Cc1ccc(C(=O)NC2CC2)cc1I.Cc1ccc(C(=O)O)cc1I.Clc1ccc(I)cn1.Ic1ccc(NCCN2CCOCC2)nc1.NCCN1CCOCC1. The van der Waals surface area contributed by atoms with Gasteiger partial charge in [0, 0.05) is 222 Å². The molecule has 7 fully saturated rings. The molecule has 3 aromatic carbocycles. The maximum absolute atomic E-state index is 12.3. The van der Waals surface area contributed by atoms with E-state index in [9.17, 15) is 14.4 Å². The maximum atomic E-state index is 12.3. The van der Waals surface area contributed by atoms with E-state index in [-0.39, 0.29) is 11.8 Å². The van der Waals surface area contributed by atoms with Crippen molar-refractivity contribution in [3.63, 3.8) is 0 Å². The number of hydrogen-bond donors (Lipinski definition) is 8. The van der Waals surface area contributed by atoms with Crippen LogP contribution in [0.3, 0.4) is 0 Å². The molecule has 9 N–H and O–H groups in total. The molecule has 0 spiro atoms. The fourth-order valence-corrected chi connectivity index (χ4v) is 14.3. The molecule has 15 rings (SSSR count). The van der Waals surface area contributed by atoms with E-state index in [0.717, 1.165) is 299 Å². The Morgan fingerprint density at radius 3 is 1.08 bits per heavy atom. The van der Waals surface area contributed by atoms with Gasteiger partial charge in [0.2, 0.25) is 0 Å². The van der Waals surface area contributed by atoms with Gasteiger partial charge in [0.1, 0.15) is 44.6 Å². The molecule has 5 aliphatic heterocycles. The van der Waals surface area contributed by atoms with Gasteiger partial charge in [-0.25, -0.2) is 29.7 Å². The highest BCUT2D eigenvalue weighted by Gasteiger charge is 2.26. The van der Waals surface area contributed by atoms with E-state index in [4.69, 9.17) is 59.0 Å². The number of nitrogens with one attached hydrogen (secondary N) is 6. The number of carboxylic acid groups (broad SMARTS) is 1. The number of halogens is 5. The van der Waals surface area contributed by atoms with Crippen LogP contribution in [0, 0.1) is 82.7 Å². The quantitative estimate of drug-likeness (QED) is 0.0128. The summed E-state index contributed by atoms with van der Waals surface area (Å²) in [6, 6.07) is 36.9. The summed E-state index contributed by atoms with van der Waals surface area (Å²) in [5.74, 6) is 14.9. The summed E-state index contributed by atoms with van der Waals surface area (Å²) in [5, 5.41) is 28.5. The van der Waals surface area contributed by atoms with Crippen molar-refractivity contribution < 1.29 is 43.2 Å². The molecule has 0 atom stereocenters. The Bertz CT molecular complexity index is 4920. The van der Waals surface area contributed by atoms with Gasteiger partial charge in [-0.1, -0.05) is 92.8 Å². The van der Waals surface area contributed by atoms with Crippen LogP contribution in [-0.2, 0) is 23.7 Å². The Labute approximate surface area is 845 Å². The second-order valence-corrected chi connectivity index (χ2v) is 48.5. The molecule has 710 valence electrons. The summed E-state index contributed by atoms with van der Waals surface area (Å²) in [6.07, 6.45) is 23.7. The molecule has 10 heterocycles. The van der Waals surface area contributed by atoms with Crippen molar-refractivity contribution in [3.05, 3.63) is 221 Å². The number of hydrogen-bond acceptors (Lipinski definition) is 23. The second kappa shape index (κ2) is 63.0. The van der Waals surface area contributed by atoms with Gasteiger partial charge in [0.05, 0.1) is 71.6 Å². The van der Waals surface area contributed by atoms with Crippen LogP contribution < -0.4 is 37.6 Å². The third-order valence-corrected chi connectivity index (χ3v) is 25.9. The number of rotatable bonds is 23. The highest BCUT2D eigenvalue weighted by atomic mass is 127. The standard InChI is InChI=1S/C24H28N4O2.C16H25N3OSi.C13H17N3O.C11H16IN3O.C11H12INO.C8H7IO2.C6H14N2O.C5H3ClIN.C5H10Si/c1-18-2-5-21(24(29)27-22-7-8-22)16-20(18)6-3-19-4-9-23(26-17-19)25-10-11-28-12-14-30-15-13-28;1-21(2,3)13-6-15-4-5-16(18-14-15)17-7-8-19-9-11-20-12-10-19;1-2-12-3-4-13(15-11-12)14-5-6-16-7-9-17-10-8-16;12-10-1-2-11(14-9-10)13-3-4-15-5-7-16-8-6-15;1-7-2-3-8(6-10(7)12)11(14)13-9-4-5-9;1-5-2-3-6(8(10)11)4-7(5)9;7-1-2-8-3-5-9-6-4-8;6-5-2-1-4(7)3-8-5;1-5-6(2,3)4/h2,4-5,9,16-17,22H,7-8,10-15H2,1H3,(H,25,26)(H,27,29);4-5,14H,7-12H2,1-3H3,(H,17,18);1,3-4,11H,5-10H2,(H,14,15);1-2,9H,3-8H2,(H,13,14);2-3,6,9H,4-5H2,1H3,(H,13,14);2-4H,1H3,(H,10,11);1-7H2;1-3H;1H,2-4H3. The minimum Gasteiger partial charge on any atom is -0.478 e. The molecule has 2 aliphatic carbocycles. The number of benzene rings is 3. The van der Waals surface area contributed by atoms with Crippen LogP contribution in [0.4, 0.5) is 23.3 Å². The van der Waals surface area contributed by atoms with Crippen molar-refractivity contribution >= 4 is 159 Å². The molecule has 2 amide bonds. The number of morpholine rings is 5. The molecular weight excluding hydrogens is 2170 g/mol. The zero-order valence-corrected chi connectivity index (χ0v) is 89.2. The van der Waals surface area contributed by atoms with E-state index in [0.29, 0.717) is 28.4 Å². The topological polar surface area (TPSA) is 296 Å². The van der Waals surface area contributed by atoms with Crippen molar-refractivity contribution in [1.29, 1.82) is 0 Å². The number of nitrogens with two attached hydrogens (primary N) is 1. The molecule has 0 unspecified atom stereocenters. The molecular formula is C99H132ClI4N17O9Si2.